The standard InChI is InChI=1S/C28H30F3N5O3/c1-39-27(14-17-34-20-38,24-7-3-2-6-22(24)19-37)13-5-4-8-25(21-11-15-33-16-12-21)36(32)23-9-10-26(35-18-23)28(29,30)31/h2-3,6-12,15-16,18-20H,4-5,13-14,17,32H2,1H3,(H,34,38)/b25-8-. The Balaban J connectivity index is 1.86. The second-order valence-corrected chi connectivity index (χ2v) is 8.71. The van der Waals surface area contributed by atoms with E-state index >= 15 is 0 Å². The number of aromatic nitrogens is 2. The third-order valence-electron chi connectivity index (χ3n) is 6.40. The summed E-state index contributed by atoms with van der Waals surface area (Å²) in [5.74, 6) is 6.35. The molecule has 0 fully saturated rings. The van der Waals surface area contributed by atoms with Crippen LogP contribution in [0.4, 0.5) is 18.9 Å². The van der Waals surface area contributed by atoms with Crippen molar-refractivity contribution in [3.63, 3.8) is 0 Å². The van der Waals surface area contributed by atoms with Crippen molar-refractivity contribution in [1.82, 2.24) is 15.3 Å². The summed E-state index contributed by atoms with van der Waals surface area (Å²) in [6.45, 7) is 0.347. The van der Waals surface area contributed by atoms with Crippen LogP contribution in [0.3, 0.4) is 0 Å². The van der Waals surface area contributed by atoms with Crippen molar-refractivity contribution in [3.8, 4) is 0 Å². The van der Waals surface area contributed by atoms with E-state index < -0.39 is 17.5 Å². The van der Waals surface area contributed by atoms with Gasteiger partial charge in [0.1, 0.15) is 12.0 Å². The van der Waals surface area contributed by atoms with E-state index in [-0.39, 0.29) is 5.69 Å². The molecule has 0 aliphatic heterocycles. The Hall–Kier alpha value is -4.09. The zero-order valence-electron chi connectivity index (χ0n) is 21.4. The second-order valence-electron chi connectivity index (χ2n) is 8.71. The molecule has 1 aromatic carbocycles. The van der Waals surface area contributed by atoms with Gasteiger partial charge in [-0.05, 0) is 55.5 Å². The summed E-state index contributed by atoms with van der Waals surface area (Å²) in [5, 5.41) is 3.93. The van der Waals surface area contributed by atoms with E-state index in [1.54, 1.807) is 43.8 Å². The van der Waals surface area contributed by atoms with Gasteiger partial charge in [0.25, 0.3) is 0 Å². The summed E-state index contributed by atoms with van der Waals surface area (Å²) < 4.78 is 44.9. The van der Waals surface area contributed by atoms with Gasteiger partial charge < -0.3 is 10.1 Å². The molecule has 0 radical (unpaired) electrons. The molecular formula is C28H30F3N5O3. The van der Waals surface area contributed by atoms with Gasteiger partial charge in [0.15, 0.2) is 0 Å². The molecule has 0 saturated heterocycles. The number of alkyl halides is 3. The Morgan fingerprint density at radius 3 is 2.44 bits per heavy atom. The van der Waals surface area contributed by atoms with E-state index in [0.29, 0.717) is 55.5 Å². The van der Waals surface area contributed by atoms with Crippen LogP contribution in [0.2, 0.25) is 0 Å². The number of nitrogens with zero attached hydrogens (tertiary/aromatic N) is 3. The van der Waals surface area contributed by atoms with Crippen LogP contribution < -0.4 is 16.2 Å². The van der Waals surface area contributed by atoms with Crippen molar-refractivity contribution < 1.29 is 27.5 Å². The van der Waals surface area contributed by atoms with E-state index in [1.165, 1.54) is 11.1 Å². The molecule has 11 heteroatoms. The number of hydrogen-bond donors (Lipinski definition) is 2. The number of aldehydes is 1. The average molecular weight is 542 g/mol. The fourth-order valence-corrected chi connectivity index (χ4v) is 4.40. The maximum absolute atomic E-state index is 13.0. The van der Waals surface area contributed by atoms with Crippen LogP contribution in [0.5, 0.6) is 0 Å². The normalized spacial score (nSPS) is 13.4. The Kier molecular flexibility index (Phi) is 10.3. The second kappa shape index (κ2) is 13.6. The molecule has 8 nitrogen and oxygen atoms in total. The number of methoxy groups -OCH3 is 1. The van der Waals surface area contributed by atoms with Gasteiger partial charge in [0.05, 0.1) is 23.2 Å². The number of ether oxygens (including phenoxy) is 1. The smallest absolute Gasteiger partial charge is 0.373 e. The first-order valence-electron chi connectivity index (χ1n) is 12.2. The lowest BCUT2D eigenvalue weighted by molar-refractivity contribution is -0.141. The molecule has 3 N–H and O–H groups in total. The summed E-state index contributed by atoms with van der Waals surface area (Å²) in [4.78, 5) is 30.1. The predicted octanol–water partition coefficient (Wildman–Crippen LogP) is 4.88. The maximum atomic E-state index is 13.0. The predicted molar refractivity (Wildman–Crippen MR) is 141 cm³/mol. The number of halogens is 3. The molecular weight excluding hydrogens is 511 g/mol. The number of nitrogens with one attached hydrogen (secondary N) is 1. The van der Waals surface area contributed by atoms with E-state index in [4.69, 9.17) is 10.6 Å². The van der Waals surface area contributed by atoms with Crippen molar-refractivity contribution in [2.24, 2.45) is 5.84 Å². The van der Waals surface area contributed by atoms with E-state index in [0.717, 1.165) is 24.1 Å². The van der Waals surface area contributed by atoms with Crippen molar-refractivity contribution in [2.75, 3.05) is 18.7 Å². The molecule has 2 aromatic heterocycles. The van der Waals surface area contributed by atoms with Gasteiger partial charge in [0, 0.05) is 37.2 Å². The molecule has 0 saturated carbocycles. The molecule has 1 atom stereocenters. The molecule has 3 rings (SSSR count). The van der Waals surface area contributed by atoms with Gasteiger partial charge in [0.2, 0.25) is 6.41 Å². The van der Waals surface area contributed by atoms with Crippen LogP contribution in [-0.2, 0) is 21.3 Å². The van der Waals surface area contributed by atoms with Crippen LogP contribution in [0.25, 0.3) is 5.70 Å². The number of carbonyl (C=O) groups is 2. The number of allylic oxidation sites excluding steroid dienone is 1. The Bertz CT molecular complexity index is 1250. The van der Waals surface area contributed by atoms with Crippen molar-refractivity contribution in [1.29, 1.82) is 0 Å². The molecule has 39 heavy (non-hydrogen) atoms. The highest BCUT2D eigenvalue weighted by molar-refractivity contribution is 5.78. The van der Waals surface area contributed by atoms with Gasteiger partial charge in [-0.3, -0.25) is 19.6 Å². The van der Waals surface area contributed by atoms with Gasteiger partial charge in [-0.15, -0.1) is 0 Å². The number of hydrogen-bond acceptors (Lipinski definition) is 7. The Morgan fingerprint density at radius 2 is 1.82 bits per heavy atom. The highest BCUT2D eigenvalue weighted by Crippen LogP contribution is 2.36. The Morgan fingerprint density at radius 1 is 1.08 bits per heavy atom. The number of hydrazine groups is 1. The third-order valence-corrected chi connectivity index (χ3v) is 6.40. The monoisotopic (exact) mass is 541 g/mol. The van der Waals surface area contributed by atoms with Crippen LogP contribution >= 0.6 is 0 Å². The summed E-state index contributed by atoms with van der Waals surface area (Å²) in [7, 11) is 1.57. The van der Waals surface area contributed by atoms with Crippen molar-refractivity contribution in [3.05, 3.63) is 95.6 Å². The molecule has 1 amide bonds. The number of pyridine rings is 2. The fraction of sp³-hybridized carbons (Fsp3) is 0.286. The third kappa shape index (κ3) is 7.49. The molecule has 0 spiro atoms. The summed E-state index contributed by atoms with van der Waals surface area (Å²) in [6.07, 6.45) is 5.05. The number of nitrogens with two attached hydrogens (primary N) is 1. The molecule has 3 aromatic rings. The molecule has 1 unspecified atom stereocenters. The highest BCUT2D eigenvalue weighted by Gasteiger charge is 2.34. The Labute approximate surface area is 224 Å². The van der Waals surface area contributed by atoms with Crippen molar-refractivity contribution >= 4 is 24.1 Å². The van der Waals surface area contributed by atoms with Crippen LogP contribution in [0.1, 0.15) is 52.9 Å². The lowest BCUT2D eigenvalue weighted by atomic mass is 9.82. The summed E-state index contributed by atoms with van der Waals surface area (Å²) in [6, 6.07) is 12.8. The number of anilines is 1. The summed E-state index contributed by atoms with van der Waals surface area (Å²) in [5.41, 5.74) is 0.926. The summed E-state index contributed by atoms with van der Waals surface area (Å²) >= 11 is 0. The maximum Gasteiger partial charge on any atom is 0.433 e. The van der Waals surface area contributed by atoms with Gasteiger partial charge in [-0.2, -0.15) is 13.2 Å². The molecule has 0 aliphatic carbocycles. The number of benzene rings is 1. The topological polar surface area (TPSA) is 110 Å². The molecule has 206 valence electrons. The largest absolute Gasteiger partial charge is 0.433 e. The fourth-order valence-electron chi connectivity index (χ4n) is 4.40. The molecule has 2 heterocycles. The zero-order valence-corrected chi connectivity index (χ0v) is 21.4. The quantitative estimate of drug-likeness (QED) is 0.130. The molecule has 0 aliphatic rings. The lowest BCUT2D eigenvalue weighted by Gasteiger charge is -2.34. The lowest BCUT2D eigenvalue weighted by Crippen LogP contribution is -2.34. The molecule has 0 bridgehead atoms. The highest BCUT2D eigenvalue weighted by atomic mass is 19.4. The number of unbranched alkanes of at least 4 members (excludes halogenated alkanes) is 1. The number of amides is 1. The van der Waals surface area contributed by atoms with Crippen LogP contribution in [0, 0.1) is 0 Å². The average Bonchev–Trinajstić information content (AvgIpc) is 2.96. The van der Waals surface area contributed by atoms with Crippen molar-refractivity contribution in [2.45, 2.75) is 37.5 Å². The zero-order chi connectivity index (χ0) is 28.3. The van der Waals surface area contributed by atoms with Gasteiger partial charge >= 0.3 is 6.18 Å². The SMILES string of the molecule is COC(CCC/C=C(/c1ccncc1)N(N)c1ccc(C(F)(F)F)nc1)(CCNC=O)c1ccccc1C=O. The van der Waals surface area contributed by atoms with E-state index in [9.17, 15) is 22.8 Å². The van der Waals surface area contributed by atoms with Crippen LogP contribution in [-0.4, -0.2) is 36.3 Å². The van der Waals surface area contributed by atoms with Gasteiger partial charge in [-0.1, -0.05) is 30.3 Å². The first-order chi connectivity index (χ1) is 18.8. The minimum Gasteiger partial charge on any atom is -0.373 e. The van der Waals surface area contributed by atoms with Crippen LogP contribution in [0.15, 0.2) is 73.2 Å². The first-order valence-corrected chi connectivity index (χ1v) is 12.2. The minimum atomic E-state index is -4.56. The minimum absolute atomic E-state index is 0.275. The number of carbonyl (C=O) groups excluding carboxylic acids is 2. The number of rotatable bonds is 14. The first kappa shape index (κ1) is 29.5. The van der Waals surface area contributed by atoms with Gasteiger partial charge in [-0.25, -0.2) is 10.8 Å². The van der Waals surface area contributed by atoms with E-state index in [1.807, 2.05) is 18.2 Å². The van der Waals surface area contributed by atoms with E-state index in [2.05, 4.69) is 15.3 Å².